The van der Waals surface area contributed by atoms with Gasteiger partial charge in [-0.25, -0.2) is 9.97 Å². The zero-order valence-electron chi connectivity index (χ0n) is 7.74. The number of nitrogens with two attached hydrogens (primary N) is 1. The first-order chi connectivity index (χ1) is 6.77. The number of nitrogens with zero attached hydrogens (tertiary/aromatic N) is 2. The third-order valence-corrected chi connectivity index (χ3v) is 4.03. The summed E-state index contributed by atoms with van der Waals surface area (Å²) in [6.45, 7) is 0. The van der Waals surface area contributed by atoms with Gasteiger partial charge in [0.1, 0.15) is 17.0 Å². The predicted octanol–water partition coefficient (Wildman–Crippen LogP) is 2.75. The van der Waals surface area contributed by atoms with Gasteiger partial charge in [-0.3, -0.25) is 0 Å². The molecule has 0 atom stereocenters. The SMILES string of the molecule is Nc1c(Cl)ncnc1SC1CCCC1. The van der Waals surface area contributed by atoms with Crippen molar-refractivity contribution in [2.75, 3.05) is 5.73 Å². The molecule has 14 heavy (non-hydrogen) atoms. The fraction of sp³-hybridized carbons (Fsp3) is 0.556. The molecule has 0 spiro atoms. The van der Waals surface area contributed by atoms with Gasteiger partial charge in [0.15, 0.2) is 5.15 Å². The summed E-state index contributed by atoms with van der Waals surface area (Å²) < 4.78 is 0. The van der Waals surface area contributed by atoms with E-state index in [2.05, 4.69) is 9.97 Å². The van der Waals surface area contributed by atoms with Crippen LogP contribution in [0.15, 0.2) is 11.4 Å². The highest BCUT2D eigenvalue weighted by atomic mass is 35.5. The molecule has 0 saturated heterocycles. The molecule has 1 heterocycles. The molecule has 1 aliphatic rings. The number of aromatic nitrogens is 2. The van der Waals surface area contributed by atoms with Crippen LogP contribution >= 0.6 is 23.4 Å². The Balaban J connectivity index is 2.11. The Kier molecular flexibility index (Phi) is 3.13. The molecule has 1 aliphatic carbocycles. The summed E-state index contributed by atoms with van der Waals surface area (Å²) in [6, 6.07) is 0. The van der Waals surface area contributed by atoms with Crippen LogP contribution in [0.4, 0.5) is 5.69 Å². The molecular weight excluding hydrogens is 218 g/mol. The average Bonchev–Trinajstić information content (AvgIpc) is 2.66. The fourth-order valence-corrected chi connectivity index (χ4v) is 3.02. The minimum Gasteiger partial charge on any atom is -0.394 e. The van der Waals surface area contributed by atoms with Crippen molar-refractivity contribution in [3.8, 4) is 0 Å². The van der Waals surface area contributed by atoms with Gasteiger partial charge in [-0.1, -0.05) is 24.4 Å². The minimum atomic E-state index is 0.362. The molecule has 1 saturated carbocycles. The van der Waals surface area contributed by atoms with E-state index in [-0.39, 0.29) is 0 Å². The van der Waals surface area contributed by atoms with Gasteiger partial charge in [0.05, 0.1) is 0 Å². The average molecular weight is 230 g/mol. The van der Waals surface area contributed by atoms with E-state index in [1.807, 2.05) is 0 Å². The molecule has 1 aromatic heterocycles. The van der Waals surface area contributed by atoms with Crippen LogP contribution in [0.1, 0.15) is 25.7 Å². The number of rotatable bonds is 2. The van der Waals surface area contributed by atoms with E-state index in [1.54, 1.807) is 11.8 Å². The Hall–Kier alpha value is -0.480. The highest BCUT2D eigenvalue weighted by molar-refractivity contribution is 8.00. The lowest BCUT2D eigenvalue weighted by molar-refractivity contribution is 0.886. The topological polar surface area (TPSA) is 51.8 Å². The third-order valence-electron chi connectivity index (χ3n) is 2.38. The van der Waals surface area contributed by atoms with Gasteiger partial charge in [0.2, 0.25) is 0 Å². The van der Waals surface area contributed by atoms with Crippen molar-refractivity contribution < 1.29 is 0 Å². The smallest absolute Gasteiger partial charge is 0.156 e. The van der Waals surface area contributed by atoms with E-state index >= 15 is 0 Å². The summed E-state index contributed by atoms with van der Waals surface area (Å²) in [7, 11) is 0. The second kappa shape index (κ2) is 4.36. The molecule has 3 nitrogen and oxygen atoms in total. The number of nitrogen functional groups attached to an aromatic ring is 1. The molecule has 0 unspecified atom stereocenters. The molecule has 0 bridgehead atoms. The Morgan fingerprint density at radius 2 is 2.07 bits per heavy atom. The van der Waals surface area contributed by atoms with Crippen molar-refractivity contribution in [3.63, 3.8) is 0 Å². The van der Waals surface area contributed by atoms with Gasteiger partial charge in [0, 0.05) is 5.25 Å². The van der Waals surface area contributed by atoms with E-state index in [0.717, 1.165) is 5.03 Å². The van der Waals surface area contributed by atoms with E-state index in [9.17, 15) is 0 Å². The second-order valence-electron chi connectivity index (χ2n) is 3.41. The van der Waals surface area contributed by atoms with Gasteiger partial charge < -0.3 is 5.73 Å². The summed E-state index contributed by atoms with van der Waals surface area (Å²) in [4.78, 5) is 7.97. The van der Waals surface area contributed by atoms with E-state index in [1.165, 1.54) is 32.0 Å². The molecule has 2 rings (SSSR count). The normalized spacial score (nSPS) is 17.5. The summed E-state index contributed by atoms with van der Waals surface area (Å²) in [6.07, 6.45) is 6.61. The molecule has 0 amide bonds. The molecule has 76 valence electrons. The van der Waals surface area contributed by atoms with E-state index in [4.69, 9.17) is 17.3 Å². The summed E-state index contributed by atoms with van der Waals surface area (Å²) >= 11 is 7.54. The molecular formula is C9H12ClN3S. The van der Waals surface area contributed by atoms with Crippen LogP contribution in [0.5, 0.6) is 0 Å². The Bertz CT molecular complexity index is 326. The number of anilines is 1. The zero-order valence-corrected chi connectivity index (χ0v) is 9.31. The minimum absolute atomic E-state index is 0.362. The Labute approximate surface area is 92.5 Å². The van der Waals surface area contributed by atoms with Gasteiger partial charge in [-0.15, -0.1) is 11.8 Å². The Morgan fingerprint density at radius 3 is 2.79 bits per heavy atom. The number of hydrogen-bond acceptors (Lipinski definition) is 4. The molecule has 0 radical (unpaired) electrons. The van der Waals surface area contributed by atoms with Crippen molar-refractivity contribution in [2.24, 2.45) is 0 Å². The van der Waals surface area contributed by atoms with Gasteiger partial charge >= 0.3 is 0 Å². The third kappa shape index (κ3) is 2.12. The van der Waals surface area contributed by atoms with Crippen LogP contribution < -0.4 is 5.73 Å². The lowest BCUT2D eigenvalue weighted by atomic mass is 10.4. The maximum absolute atomic E-state index is 5.81. The fourth-order valence-electron chi connectivity index (χ4n) is 1.62. The van der Waals surface area contributed by atoms with E-state index < -0.39 is 0 Å². The van der Waals surface area contributed by atoms with Gasteiger partial charge in [-0.05, 0) is 12.8 Å². The number of hydrogen-bond donors (Lipinski definition) is 1. The van der Waals surface area contributed by atoms with Crippen molar-refractivity contribution >= 4 is 29.1 Å². The maximum atomic E-state index is 5.81. The van der Waals surface area contributed by atoms with Crippen molar-refractivity contribution in [1.82, 2.24) is 9.97 Å². The molecule has 0 aliphatic heterocycles. The Morgan fingerprint density at radius 1 is 1.36 bits per heavy atom. The number of thioether (sulfide) groups is 1. The first kappa shape index (κ1) is 10.1. The molecule has 5 heteroatoms. The predicted molar refractivity (Wildman–Crippen MR) is 59.6 cm³/mol. The highest BCUT2D eigenvalue weighted by Gasteiger charge is 2.18. The largest absolute Gasteiger partial charge is 0.394 e. The van der Waals surface area contributed by atoms with E-state index in [0.29, 0.717) is 16.1 Å². The molecule has 1 aromatic rings. The van der Waals surface area contributed by atoms with Crippen LogP contribution in [0.25, 0.3) is 0 Å². The molecule has 2 N–H and O–H groups in total. The van der Waals surface area contributed by atoms with Crippen LogP contribution in [-0.4, -0.2) is 15.2 Å². The van der Waals surface area contributed by atoms with Crippen molar-refractivity contribution in [2.45, 2.75) is 36.0 Å². The second-order valence-corrected chi connectivity index (χ2v) is 5.05. The van der Waals surface area contributed by atoms with Crippen LogP contribution in [0.3, 0.4) is 0 Å². The highest BCUT2D eigenvalue weighted by Crippen LogP contribution is 2.37. The van der Waals surface area contributed by atoms with Crippen LogP contribution in [0.2, 0.25) is 5.15 Å². The first-order valence-electron chi connectivity index (χ1n) is 4.70. The molecule has 1 fully saturated rings. The van der Waals surface area contributed by atoms with Gasteiger partial charge in [-0.2, -0.15) is 0 Å². The standard InChI is InChI=1S/C9H12ClN3S/c10-8-7(11)9(13-5-12-8)14-6-3-1-2-4-6/h5-6H,1-4,11H2. The van der Waals surface area contributed by atoms with Crippen molar-refractivity contribution in [3.05, 3.63) is 11.5 Å². The maximum Gasteiger partial charge on any atom is 0.156 e. The first-order valence-corrected chi connectivity index (χ1v) is 5.96. The lowest BCUT2D eigenvalue weighted by Gasteiger charge is -2.09. The summed E-state index contributed by atoms with van der Waals surface area (Å²) in [5.74, 6) is 0. The summed E-state index contributed by atoms with van der Waals surface area (Å²) in [5, 5.41) is 1.85. The zero-order chi connectivity index (χ0) is 9.97. The molecule has 0 aromatic carbocycles. The number of halogens is 1. The monoisotopic (exact) mass is 229 g/mol. The van der Waals surface area contributed by atoms with Crippen LogP contribution in [-0.2, 0) is 0 Å². The van der Waals surface area contributed by atoms with Crippen LogP contribution in [0, 0.1) is 0 Å². The van der Waals surface area contributed by atoms with Gasteiger partial charge in [0.25, 0.3) is 0 Å². The van der Waals surface area contributed by atoms with Crippen molar-refractivity contribution in [1.29, 1.82) is 0 Å². The quantitative estimate of drug-likeness (QED) is 0.793. The lowest BCUT2D eigenvalue weighted by Crippen LogP contribution is -2.00. The summed E-state index contributed by atoms with van der Waals surface area (Å²) in [5.41, 5.74) is 6.30.